The zero-order valence-corrected chi connectivity index (χ0v) is 12.8. The third-order valence-electron chi connectivity index (χ3n) is 2.96. The maximum absolute atomic E-state index is 12.1. The van der Waals surface area contributed by atoms with Gasteiger partial charge in [-0.1, -0.05) is 6.92 Å². The van der Waals surface area contributed by atoms with E-state index in [9.17, 15) is 9.59 Å². The second-order valence-corrected chi connectivity index (χ2v) is 6.03. The molecule has 2 aromatic heterocycles. The zero-order chi connectivity index (χ0) is 15.6. The molecule has 0 saturated carbocycles. The molecule has 112 valence electrons. The highest BCUT2D eigenvalue weighted by Gasteiger charge is 2.18. The van der Waals surface area contributed by atoms with Crippen LogP contribution in [0.2, 0.25) is 0 Å². The molecule has 0 saturated heterocycles. The van der Waals surface area contributed by atoms with Gasteiger partial charge in [-0.05, 0) is 6.92 Å². The largest absolute Gasteiger partial charge is 0.476 e. The van der Waals surface area contributed by atoms with Crippen molar-refractivity contribution in [2.45, 2.75) is 19.8 Å². The fourth-order valence-corrected chi connectivity index (χ4v) is 2.63. The average Bonchev–Trinajstić information content (AvgIpc) is 3.02. The van der Waals surface area contributed by atoms with Gasteiger partial charge in [-0.15, -0.1) is 11.3 Å². The Morgan fingerprint density at radius 1 is 1.52 bits per heavy atom. The first-order chi connectivity index (χ1) is 9.88. The maximum Gasteiger partial charge on any atom is 0.356 e. The van der Waals surface area contributed by atoms with E-state index in [0.717, 1.165) is 9.88 Å². The van der Waals surface area contributed by atoms with Crippen molar-refractivity contribution < 1.29 is 14.7 Å². The van der Waals surface area contributed by atoms with Gasteiger partial charge >= 0.3 is 5.97 Å². The quantitative estimate of drug-likeness (QED) is 0.870. The molecule has 2 heterocycles. The number of carboxylic acids is 1. The SMILES string of the molecule is Cc1cnc(C(C)CNC(=O)c2cc(C(=O)O)nn2C)s1. The fourth-order valence-electron chi connectivity index (χ4n) is 1.81. The molecule has 0 aliphatic carbocycles. The number of nitrogens with one attached hydrogen (secondary N) is 1. The van der Waals surface area contributed by atoms with Crippen LogP contribution < -0.4 is 5.32 Å². The number of carbonyl (C=O) groups is 2. The lowest BCUT2D eigenvalue weighted by Crippen LogP contribution is -2.29. The third-order valence-corrected chi connectivity index (χ3v) is 4.11. The van der Waals surface area contributed by atoms with Gasteiger partial charge in [0.15, 0.2) is 5.69 Å². The number of hydrogen-bond donors (Lipinski definition) is 2. The molecule has 0 bridgehead atoms. The molecule has 21 heavy (non-hydrogen) atoms. The first-order valence-corrected chi connectivity index (χ1v) is 7.18. The monoisotopic (exact) mass is 308 g/mol. The summed E-state index contributed by atoms with van der Waals surface area (Å²) in [5, 5.41) is 16.4. The first-order valence-electron chi connectivity index (χ1n) is 6.36. The number of rotatable bonds is 5. The van der Waals surface area contributed by atoms with Gasteiger partial charge < -0.3 is 10.4 Å². The lowest BCUT2D eigenvalue weighted by Gasteiger charge is -2.10. The Hall–Kier alpha value is -2.22. The standard InChI is InChI=1S/C13H16N4O3S/c1-7(12-15-6-8(2)21-12)5-14-11(18)10-4-9(13(19)20)16-17(10)3/h4,6-7H,5H2,1-3H3,(H,14,18)(H,19,20). The van der Waals surface area contributed by atoms with Crippen molar-refractivity contribution in [1.29, 1.82) is 0 Å². The number of aromatic carboxylic acids is 1. The van der Waals surface area contributed by atoms with Crippen molar-refractivity contribution in [2.24, 2.45) is 7.05 Å². The molecule has 1 unspecified atom stereocenters. The van der Waals surface area contributed by atoms with E-state index in [4.69, 9.17) is 5.11 Å². The molecule has 2 rings (SSSR count). The highest BCUT2D eigenvalue weighted by molar-refractivity contribution is 7.11. The predicted octanol–water partition coefficient (Wildman–Crippen LogP) is 1.42. The van der Waals surface area contributed by atoms with Crippen LogP contribution in [0.15, 0.2) is 12.3 Å². The highest BCUT2D eigenvalue weighted by atomic mass is 32.1. The number of nitrogens with zero attached hydrogens (tertiary/aromatic N) is 3. The van der Waals surface area contributed by atoms with Crippen molar-refractivity contribution in [3.8, 4) is 0 Å². The van der Waals surface area contributed by atoms with Gasteiger partial charge in [0.2, 0.25) is 0 Å². The van der Waals surface area contributed by atoms with E-state index in [1.54, 1.807) is 17.5 Å². The molecule has 1 atom stereocenters. The van der Waals surface area contributed by atoms with Crippen LogP contribution in [0.3, 0.4) is 0 Å². The maximum atomic E-state index is 12.1. The minimum atomic E-state index is -1.16. The molecule has 7 nitrogen and oxygen atoms in total. The molecule has 2 aromatic rings. The van der Waals surface area contributed by atoms with Crippen LogP contribution in [-0.2, 0) is 7.05 Å². The molecular formula is C13H16N4O3S. The van der Waals surface area contributed by atoms with Crippen LogP contribution in [0.4, 0.5) is 0 Å². The Kier molecular flexibility index (Phi) is 4.37. The normalized spacial score (nSPS) is 12.1. The van der Waals surface area contributed by atoms with Crippen molar-refractivity contribution in [3.05, 3.63) is 33.5 Å². The second kappa shape index (κ2) is 6.04. The van der Waals surface area contributed by atoms with Gasteiger partial charge in [0.1, 0.15) is 5.69 Å². The second-order valence-electron chi connectivity index (χ2n) is 4.76. The molecule has 0 spiro atoms. The summed E-state index contributed by atoms with van der Waals surface area (Å²) in [6.07, 6.45) is 1.80. The van der Waals surface area contributed by atoms with Gasteiger partial charge in [0, 0.05) is 36.7 Å². The summed E-state index contributed by atoms with van der Waals surface area (Å²) in [5.41, 5.74) is 0.0705. The Balaban J connectivity index is 2.00. The Labute approximate surface area is 125 Å². The topological polar surface area (TPSA) is 97.1 Å². The number of aryl methyl sites for hydroxylation is 2. The zero-order valence-electron chi connectivity index (χ0n) is 12.0. The molecule has 0 aliphatic heterocycles. The van der Waals surface area contributed by atoms with Crippen LogP contribution in [0.5, 0.6) is 0 Å². The van der Waals surface area contributed by atoms with E-state index in [-0.39, 0.29) is 23.2 Å². The van der Waals surface area contributed by atoms with E-state index < -0.39 is 5.97 Å². The van der Waals surface area contributed by atoms with E-state index in [0.29, 0.717) is 6.54 Å². The predicted molar refractivity (Wildman–Crippen MR) is 77.8 cm³/mol. The molecule has 0 aliphatic rings. The minimum absolute atomic E-state index is 0.0971. The molecular weight excluding hydrogens is 292 g/mol. The number of hydrogen-bond acceptors (Lipinski definition) is 5. The molecule has 0 aromatic carbocycles. The van der Waals surface area contributed by atoms with Crippen LogP contribution in [0.25, 0.3) is 0 Å². The number of thiazole rings is 1. The summed E-state index contributed by atoms with van der Waals surface area (Å²) in [4.78, 5) is 28.3. The van der Waals surface area contributed by atoms with Crippen molar-refractivity contribution in [2.75, 3.05) is 6.54 Å². The van der Waals surface area contributed by atoms with Gasteiger partial charge in [0.25, 0.3) is 5.91 Å². The Morgan fingerprint density at radius 3 is 2.76 bits per heavy atom. The van der Waals surface area contributed by atoms with E-state index >= 15 is 0 Å². The van der Waals surface area contributed by atoms with Crippen LogP contribution in [0.1, 0.15) is 43.7 Å². The minimum Gasteiger partial charge on any atom is -0.476 e. The van der Waals surface area contributed by atoms with Crippen LogP contribution >= 0.6 is 11.3 Å². The van der Waals surface area contributed by atoms with E-state index in [2.05, 4.69) is 15.4 Å². The summed E-state index contributed by atoms with van der Waals surface area (Å²) in [7, 11) is 1.54. The molecule has 1 amide bonds. The third kappa shape index (κ3) is 3.46. The summed E-state index contributed by atoms with van der Waals surface area (Å²) in [6, 6.07) is 1.26. The summed E-state index contributed by atoms with van der Waals surface area (Å²) in [5.74, 6) is -1.41. The summed E-state index contributed by atoms with van der Waals surface area (Å²) >= 11 is 1.60. The number of aromatic nitrogens is 3. The Bertz CT molecular complexity index is 677. The Morgan fingerprint density at radius 2 is 2.24 bits per heavy atom. The molecule has 2 N–H and O–H groups in total. The fraction of sp³-hybridized carbons (Fsp3) is 0.385. The number of carboxylic acid groups (broad SMARTS) is 1. The molecule has 8 heteroatoms. The van der Waals surface area contributed by atoms with Crippen molar-refractivity contribution in [1.82, 2.24) is 20.1 Å². The van der Waals surface area contributed by atoms with Gasteiger partial charge in [-0.2, -0.15) is 5.10 Å². The van der Waals surface area contributed by atoms with Crippen molar-refractivity contribution in [3.63, 3.8) is 0 Å². The van der Waals surface area contributed by atoms with Gasteiger partial charge in [-0.3, -0.25) is 9.48 Å². The van der Waals surface area contributed by atoms with Gasteiger partial charge in [-0.25, -0.2) is 9.78 Å². The first kappa shape index (κ1) is 15.2. The van der Waals surface area contributed by atoms with Crippen molar-refractivity contribution >= 4 is 23.2 Å². The van der Waals surface area contributed by atoms with Crippen LogP contribution in [-0.4, -0.2) is 38.3 Å². The summed E-state index contributed by atoms with van der Waals surface area (Å²) in [6.45, 7) is 4.39. The van der Waals surface area contributed by atoms with E-state index in [1.807, 2.05) is 13.8 Å². The highest BCUT2D eigenvalue weighted by Crippen LogP contribution is 2.20. The summed E-state index contributed by atoms with van der Waals surface area (Å²) < 4.78 is 1.26. The lowest BCUT2D eigenvalue weighted by atomic mass is 10.2. The lowest BCUT2D eigenvalue weighted by molar-refractivity contribution is 0.0689. The molecule has 0 fully saturated rings. The number of carbonyl (C=O) groups excluding carboxylic acids is 1. The van der Waals surface area contributed by atoms with E-state index in [1.165, 1.54) is 17.8 Å². The number of amides is 1. The van der Waals surface area contributed by atoms with Gasteiger partial charge in [0.05, 0.1) is 5.01 Å². The van der Waals surface area contributed by atoms with Crippen LogP contribution in [0, 0.1) is 6.92 Å². The smallest absolute Gasteiger partial charge is 0.356 e. The molecule has 0 radical (unpaired) electrons. The average molecular weight is 308 g/mol.